The van der Waals surface area contributed by atoms with Crippen molar-refractivity contribution in [3.63, 3.8) is 0 Å². The Bertz CT molecular complexity index is 377. The van der Waals surface area contributed by atoms with E-state index in [-0.39, 0.29) is 11.7 Å². The molecule has 4 heteroatoms. The fourth-order valence-corrected chi connectivity index (χ4v) is 1.70. The van der Waals surface area contributed by atoms with Gasteiger partial charge in [-0.2, -0.15) is 0 Å². The lowest BCUT2D eigenvalue weighted by molar-refractivity contribution is 0.112. The average Bonchev–Trinajstić information content (AvgIpc) is 2.28. The van der Waals surface area contributed by atoms with Crippen molar-refractivity contribution in [3.05, 3.63) is 23.3 Å². The van der Waals surface area contributed by atoms with Gasteiger partial charge in [0.1, 0.15) is 6.29 Å². The number of phenols is 1. The largest absolute Gasteiger partial charge is 0.504 e. The lowest BCUT2D eigenvalue weighted by Gasteiger charge is -2.15. The number of aromatic hydroxyl groups is 1. The van der Waals surface area contributed by atoms with Crippen molar-refractivity contribution in [1.82, 2.24) is 0 Å². The van der Waals surface area contributed by atoms with Gasteiger partial charge in [-0.15, -0.1) is 0 Å². The van der Waals surface area contributed by atoms with Crippen molar-refractivity contribution in [2.75, 3.05) is 13.7 Å². The standard InChI is InChI=1S/C12H17NO3/c1-8(3-4-13)10-6-12(16-2)11(15)5-9(10)7-14/h5-8,15H,3-4,13H2,1-2H3. The first-order valence-corrected chi connectivity index (χ1v) is 5.20. The van der Waals surface area contributed by atoms with Crippen molar-refractivity contribution in [2.24, 2.45) is 5.73 Å². The third-order valence-corrected chi connectivity index (χ3v) is 2.64. The Kier molecular flexibility index (Phi) is 4.31. The molecule has 0 fully saturated rings. The van der Waals surface area contributed by atoms with Gasteiger partial charge in [-0.1, -0.05) is 6.92 Å². The molecule has 0 bridgehead atoms. The minimum absolute atomic E-state index is 0.0201. The molecule has 3 N–H and O–H groups in total. The highest BCUT2D eigenvalue weighted by molar-refractivity contribution is 5.79. The summed E-state index contributed by atoms with van der Waals surface area (Å²) >= 11 is 0. The second-order valence-electron chi connectivity index (χ2n) is 3.75. The summed E-state index contributed by atoms with van der Waals surface area (Å²) in [6, 6.07) is 3.12. The van der Waals surface area contributed by atoms with Gasteiger partial charge in [0, 0.05) is 5.56 Å². The Labute approximate surface area is 95.0 Å². The number of phenolic OH excluding ortho intramolecular Hbond substituents is 1. The van der Waals surface area contributed by atoms with Crippen LogP contribution in [-0.4, -0.2) is 25.0 Å². The molecule has 0 radical (unpaired) electrons. The maximum absolute atomic E-state index is 10.9. The summed E-state index contributed by atoms with van der Waals surface area (Å²) in [7, 11) is 1.48. The minimum atomic E-state index is -0.0201. The molecule has 1 aromatic rings. The van der Waals surface area contributed by atoms with Crippen LogP contribution in [0.4, 0.5) is 0 Å². The van der Waals surface area contributed by atoms with Crippen molar-refractivity contribution in [2.45, 2.75) is 19.3 Å². The maximum Gasteiger partial charge on any atom is 0.160 e. The molecule has 1 atom stereocenters. The van der Waals surface area contributed by atoms with E-state index in [4.69, 9.17) is 10.5 Å². The molecule has 0 saturated heterocycles. The topological polar surface area (TPSA) is 72.5 Å². The van der Waals surface area contributed by atoms with Gasteiger partial charge in [-0.25, -0.2) is 0 Å². The van der Waals surface area contributed by atoms with Crippen LogP contribution < -0.4 is 10.5 Å². The molecule has 0 aliphatic rings. The van der Waals surface area contributed by atoms with Crippen molar-refractivity contribution < 1.29 is 14.6 Å². The summed E-state index contributed by atoms with van der Waals surface area (Å²) in [5, 5.41) is 9.55. The summed E-state index contributed by atoms with van der Waals surface area (Å²) in [6.07, 6.45) is 1.52. The second-order valence-corrected chi connectivity index (χ2v) is 3.75. The number of nitrogens with two attached hydrogens (primary N) is 1. The number of carbonyl (C=O) groups is 1. The first kappa shape index (κ1) is 12.5. The van der Waals surface area contributed by atoms with Crippen molar-refractivity contribution >= 4 is 6.29 Å². The molecule has 0 aliphatic heterocycles. The molecule has 4 nitrogen and oxygen atoms in total. The molecule has 0 aromatic heterocycles. The van der Waals surface area contributed by atoms with Crippen LogP contribution >= 0.6 is 0 Å². The van der Waals surface area contributed by atoms with Gasteiger partial charge in [0.15, 0.2) is 11.5 Å². The Morgan fingerprint density at radius 1 is 1.56 bits per heavy atom. The van der Waals surface area contributed by atoms with E-state index in [1.807, 2.05) is 6.92 Å². The SMILES string of the molecule is COc1cc(C(C)CCN)c(C=O)cc1O. The minimum Gasteiger partial charge on any atom is -0.504 e. The van der Waals surface area contributed by atoms with Gasteiger partial charge < -0.3 is 15.6 Å². The molecule has 0 amide bonds. The fraction of sp³-hybridized carbons (Fsp3) is 0.417. The second kappa shape index (κ2) is 5.51. The average molecular weight is 223 g/mol. The summed E-state index contributed by atoms with van der Waals surface area (Å²) < 4.78 is 5.02. The monoisotopic (exact) mass is 223 g/mol. The van der Waals surface area contributed by atoms with Gasteiger partial charge in [-0.3, -0.25) is 4.79 Å². The molecule has 1 unspecified atom stereocenters. The zero-order valence-electron chi connectivity index (χ0n) is 9.56. The molecule has 16 heavy (non-hydrogen) atoms. The van der Waals surface area contributed by atoms with Gasteiger partial charge in [0.2, 0.25) is 0 Å². The van der Waals surface area contributed by atoms with E-state index >= 15 is 0 Å². The first-order valence-electron chi connectivity index (χ1n) is 5.20. The molecule has 0 spiro atoms. The number of benzene rings is 1. The highest BCUT2D eigenvalue weighted by Gasteiger charge is 2.14. The van der Waals surface area contributed by atoms with E-state index < -0.39 is 0 Å². The van der Waals surface area contributed by atoms with Crippen LogP contribution in [-0.2, 0) is 0 Å². The van der Waals surface area contributed by atoms with E-state index in [0.29, 0.717) is 17.9 Å². The molecular formula is C12H17NO3. The third kappa shape index (κ3) is 2.52. The molecule has 0 saturated carbocycles. The summed E-state index contributed by atoms with van der Waals surface area (Å²) in [5.74, 6) is 0.525. The number of aldehydes is 1. The lowest BCUT2D eigenvalue weighted by atomic mass is 9.93. The zero-order valence-corrected chi connectivity index (χ0v) is 9.56. The number of methoxy groups -OCH3 is 1. The molecule has 1 aromatic carbocycles. The quantitative estimate of drug-likeness (QED) is 0.745. The highest BCUT2D eigenvalue weighted by atomic mass is 16.5. The van der Waals surface area contributed by atoms with Gasteiger partial charge in [-0.05, 0) is 36.6 Å². The van der Waals surface area contributed by atoms with E-state index in [9.17, 15) is 9.90 Å². The first-order chi connectivity index (χ1) is 7.63. The number of carbonyl (C=O) groups excluding carboxylic acids is 1. The molecule has 0 heterocycles. The predicted octanol–water partition coefficient (Wildman–Crippen LogP) is 1.67. The van der Waals surface area contributed by atoms with Crippen molar-refractivity contribution in [1.29, 1.82) is 0 Å². The van der Waals surface area contributed by atoms with E-state index in [1.54, 1.807) is 6.07 Å². The molecule has 88 valence electrons. The summed E-state index contributed by atoms with van der Waals surface area (Å²) in [4.78, 5) is 10.9. The van der Waals surface area contributed by atoms with Crippen LogP contribution in [0, 0.1) is 0 Å². The maximum atomic E-state index is 10.9. The summed E-state index contributed by atoms with van der Waals surface area (Å²) in [6.45, 7) is 2.55. The van der Waals surface area contributed by atoms with Gasteiger partial charge in [0.25, 0.3) is 0 Å². The van der Waals surface area contributed by atoms with Crippen LogP contribution in [0.2, 0.25) is 0 Å². The molecule has 1 rings (SSSR count). The van der Waals surface area contributed by atoms with E-state index in [1.165, 1.54) is 13.2 Å². The van der Waals surface area contributed by atoms with E-state index in [0.717, 1.165) is 18.3 Å². The zero-order chi connectivity index (χ0) is 12.1. The van der Waals surface area contributed by atoms with E-state index in [2.05, 4.69) is 0 Å². The van der Waals surface area contributed by atoms with Crippen LogP contribution in [0.3, 0.4) is 0 Å². The number of rotatable bonds is 5. The predicted molar refractivity (Wildman–Crippen MR) is 62.1 cm³/mol. The fourth-order valence-electron chi connectivity index (χ4n) is 1.70. The third-order valence-electron chi connectivity index (χ3n) is 2.64. The van der Waals surface area contributed by atoms with Crippen LogP contribution in [0.15, 0.2) is 12.1 Å². The van der Waals surface area contributed by atoms with Gasteiger partial charge in [0.05, 0.1) is 7.11 Å². The normalized spacial score (nSPS) is 12.2. The Morgan fingerprint density at radius 2 is 2.25 bits per heavy atom. The number of ether oxygens (including phenoxy) is 1. The lowest BCUT2D eigenvalue weighted by Crippen LogP contribution is -2.07. The van der Waals surface area contributed by atoms with Crippen LogP contribution in [0.5, 0.6) is 11.5 Å². The molecular weight excluding hydrogens is 206 g/mol. The Morgan fingerprint density at radius 3 is 2.75 bits per heavy atom. The molecule has 0 aliphatic carbocycles. The number of hydrogen-bond donors (Lipinski definition) is 2. The number of hydrogen-bond acceptors (Lipinski definition) is 4. The summed E-state index contributed by atoms with van der Waals surface area (Å²) in [5.41, 5.74) is 6.83. The smallest absolute Gasteiger partial charge is 0.160 e. The Hall–Kier alpha value is -1.55. The Balaban J connectivity index is 3.18. The van der Waals surface area contributed by atoms with Gasteiger partial charge >= 0.3 is 0 Å². The van der Waals surface area contributed by atoms with Crippen LogP contribution in [0.1, 0.15) is 35.2 Å². The van der Waals surface area contributed by atoms with Crippen LogP contribution in [0.25, 0.3) is 0 Å². The highest BCUT2D eigenvalue weighted by Crippen LogP contribution is 2.33. The van der Waals surface area contributed by atoms with Crippen molar-refractivity contribution in [3.8, 4) is 11.5 Å².